The van der Waals surface area contributed by atoms with Gasteiger partial charge in [-0.25, -0.2) is 17.8 Å². The van der Waals surface area contributed by atoms with Crippen LogP contribution in [0.2, 0.25) is 0 Å². The quantitative estimate of drug-likeness (QED) is 0.283. The number of carbonyl (C=O) groups is 1. The molecule has 1 aliphatic rings. The molecule has 3 aromatic carbocycles. The molecule has 1 amide bonds. The zero-order valence-corrected chi connectivity index (χ0v) is 22.3. The fourth-order valence-electron chi connectivity index (χ4n) is 4.81. The van der Waals surface area contributed by atoms with Crippen molar-refractivity contribution in [3.8, 4) is 0 Å². The zero-order valence-electron chi connectivity index (χ0n) is 21.4. The van der Waals surface area contributed by atoms with Crippen LogP contribution in [0.15, 0.2) is 96.3 Å². The number of ether oxygens (including phenoxy) is 1. The number of imidazole rings is 1. The third kappa shape index (κ3) is 6.43. The summed E-state index contributed by atoms with van der Waals surface area (Å²) in [6.07, 6.45) is 3.01. The number of carbonyl (C=O) groups excluding carboxylic acids is 1. The number of hydrogen-bond acceptors (Lipinski definition) is 5. The van der Waals surface area contributed by atoms with E-state index >= 15 is 0 Å². The summed E-state index contributed by atoms with van der Waals surface area (Å²) in [5.74, 6) is -1.29. The van der Waals surface area contributed by atoms with Crippen LogP contribution < -0.4 is 0 Å². The lowest BCUT2D eigenvalue weighted by atomic mass is 10.1. The van der Waals surface area contributed by atoms with Crippen molar-refractivity contribution in [2.75, 3.05) is 13.2 Å². The molecule has 5 rings (SSSR count). The largest absolute Gasteiger partial charge is 0.376 e. The number of aromatic nitrogens is 2. The van der Waals surface area contributed by atoms with Crippen LogP contribution >= 0.6 is 0 Å². The van der Waals surface area contributed by atoms with Gasteiger partial charge in [-0.05, 0) is 36.1 Å². The molecule has 0 saturated carbocycles. The van der Waals surface area contributed by atoms with E-state index in [1.807, 2.05) is 36.4 Å². The standard InChI is InChI=1S/C30H30FN3O4S/c31-28-16-8-7-15-27(28)29(35)33(21-26-14-9-17-38-26)20-25-18-32-30(34(25)19-23-10-3-1-4-11-23)39(36,37)22-24-12-5-2-6-13-24/h1-8,10-13,15-16,18,26H,9,14,17,19-22H2. The first kappa shape index (κ1) is 26.8. The lowest BCUT2D eigenvalue weighted by molar-refractivity contribution is 0.0498. The normalized spacial score (nSPS) is 15.4. The predicted octanol–water partition coefficient (Wildman–Crippen LogP) is 4.87. The van der Waals surface area contributed by atoms with Gasteiger partial charge in [0, 0.05) is 13.2 Å². The third-order valence-corrected chi connectivity index (χ3v) is 8.35. The Hall–Kier alpha value is -3.82. The van der Waals surface area contributed by atoms with Gasteiger partial charge in [0.1, 0.15) is 5.82 Å². The van der Waals surface area contributed by atoms with Gasteiger partial charge in [0.05, 0.1) is 42.4 Å². The molecule has 1 unspecified atom stereocenters. The molecule has 202 valence electrons. The maximum Gasteiger partial charge on any atom is 0.257 e. The molecule has 0 spiro atoms. The molecule has 1 aromatic heterocycles. The Balaban J connectivity index is 1.52. The molecule has 0 aliphatic carbocycles. The van der Waals surface area contributed by atoms with Gasteiger partial charge >= 0.3 is 0 Å². The molecule has 0 bridgehead atoms. The maximum atomic E-state index is 14.6. The van der Waals surface area contributed by atoms with Gasteiger partial charge in [-0.15, -0.1) is 0 Å². The highest BCUT2D eigenvalue weighted by atomic mass is 32.2. The molecule has 1 aliphatic heterocycles. The zero-order chi connectivity index (χ0) is 27.2. The molecule has 2 heterocycles. The van der Waals surface area contributed by atoms with Crippen LogP contribution in [0.5, 0.6) is 0 Å². The Kier molecular flexibility index (Phi) is 8.18. The van der Waals surface area contributed by atoms with Crippen LogP contribution in [0, 0.1) is 5.82 Å². The Morgan fingerprint density at radius 2 is 1.64 bits per heavy atom. The number of benzene rings is 3. The van der Waals surface area contributed by atoms with Crippen molar-refractivity contribution in [2.24, 2.45) is 0 Å². The van der Waals surface area contributed by atoms with Crippen LogP contribution in [-0.2, 0) is 33.4 Å². The van der Waals surface area contributed by atoms with Crippen molar-refractivity contribution in [1.29, 1.82) is 0 Å². The highest BCUT2D eigenvalue weighted by molar-refractivity contribution is 7.90. The van der Waals surface area contributed by atoms with Crippen LogP contribution in [0.1, 0.15) is 40.0 Å². The summed E-state index contributed by atoms with van der Waals surface area (Å²) in [5.41, 5.74) is 2.04. The van der Waals surface area contributed by atoms with Crippen LogP contribution in [0.25, 0.3) is 0 Å². The number of amides is 1. The van der Waals surface area contributed by atoms with E-state index in [1.54, 1.807) is 34.9 Å². The molecule has 0 radical (unpaired) electrons. The summed E-state index contributed by atoms with van der Waals surface area (Å²) in [6, 6.07) is 24.3. The second-order valence-corrected chi connectivity index (χ2v) is 11.5. The van der Waals surface area contributed by atoms with Crippen LogP contribution in [0.3, 0.4) is 0 Å². The molecule has 1 atom stereocenters. The van der Waals surface area contributed by atoms with Crippen molar-refractivity contribution < 1.29 is 22.3 Å². The number of rotatable bonds is 10. The molecule has 39 heavy (non-hydrogen) atoms. The number of halogens is 1. The fraction of sp³-hybridized carbons (Fsp3) is 0.267. The summed E-state index contributed by atoms with van der Waals surface area (Å²) < 4.78 is 49.2. The summed E-state index contributed by atoms with van der Waals surface area (Å²) in [7, 11) is -3.82. The summed E-state index contributed by atoms with van der Waals surface area (Å²) in [5, 5.41) is -0.0689. The second-order valence-electron chi connectivity index (χ2n) is 9.65. The second kappa shape index (κ2) is 11.9. The number of nitrogens with zero attached hydrogens (tertiary/aromatic N) is 3. The van der Waals surface area contributed by atoms with Gasteiger partial charge in [0.15, 0.2) is 0 Å². The van der Waals surface area contributed by atoms with E-state index < -0.39 is 21.6 Å². The summed E-state index contributed by atoms with van der Waals surface area (Å²) in [6.45, 7) is 1.17. The Morgan fingerprint density at radius 1 is 0.974 bits per heavy atom. The third-order valence-electron chi connectivity index (χ3n) is 6.76. The monoisotopic (exact) mass is 547 g/mol. The molecule has 4 aromatic rings. The fourth-order valence-corrected chi connectivity index (χ4v) is 6.30. The predicted molar refractivity (Wildman–Crippen MR) is 145 cm³/mol. The number of sulfone groups is 1. The Bertz CT molecular complexity index is 1520. The van der Waals surface area contributed by atoms with Gasteiger partial charge in [-0.1, -0.05) is 72.8 Å². The van der Waals surface area contributed by atoms with Crippen molar-refractivity contribution in [3.05, 3.63) is 119 Å². The van der Waals surface area contributed by atoms with Gasteiger partial charge in [-0.3, -0.25) is 4.79 Å². The van der Waals surface area contributed by atoms with E-state index in [0.717, 1.165) is 18.4 Å². The van der Waals surface area contributed by atoms with Crippen molar-refractivity contribution in [1.82, 2.24) is 14.5 Å². The molecule has 9 heteroatoms. The van der Waals surface area contributed by atoms with Crippen molar-refractivity contribution in [3.63, 3.8) is 0 Å². The smallest absolute Gasteiger partial charge is 0.257 e. The van der Waals surface area contributed by atoms with E-state index in [2.05, 4.69) is 4.98 Å². The average molecular weight is 548 g/mol. The minimum atomic E-state index is -3.82. The van der Waals surface area contributed by atoms with Gasteiger partial charge in [-0.2, -0.15) is 0 Å². The van der Waals surface area contributed by atoms with Gasteiger partial charge in [0.25, 0.3) is 5.91 Å². The SMILES string of the molecule is O=C(c1ccccc1F)N(Cc1cnc(S(=O)(=O)Cc2ccccc2)n1Cc1ccccc1)CC1CCCO1. The first-order valence-corrected chi connectivity index (χ1v) is 14.6. The Labute approximate surface area is 227 Å². The first-order chi connectivity index (χ1) is 18.9. The average Bonchev–Trinajstić information content (AvgIpc) is 3.60. The summed E-state index contributed by atoms with van der Waals surface area (Å²) in [4.78, 5) is 19.4. The minimum absolute atomic E-state index is 0.0402. The lowest BCUT2D eigenvalue weighted by Gasteiger charge is -2.26. The van der Waals surface area contributed by atoms with Gasteiger partial charge in [0.2, 0.25) is 15.0 Å². The highest BCUT2D eigenvalue weighted by Gasteiger charge is 2.29. The molecular formula is C30H30FN3O4S. The van der Waals surface area contributed by atoms with Gasteiger partial charge < -0.3 is 14.2 Å². The van der Waals surface area contributed by atoms with Crippen LogP contribution in [0.4, 0.5) is 4.39 Å². The topological polar surface area (TPSA) is 81.5 Å². The lowest BCUT2D eigenvalue weighted by Crippen LogP contribution is -2.38. The van der Waals surface area contributed by atoms with E-state index in [-0.39, 0.29) is 42.2 Å². The summed E-state index contributed by atoms with van der Waals surface area (Å²) >= 11 is 0. The Morgan fingerprint density at radius 3 is 2.31 bits per heavy atom. The van der Waals surface area contributed by atoms with Crippen molar-refractivity contribution >= 4 is 15.7 Å². The molecule has 0 N–H and O–H groups in total. The van der Waals surface area contributed by atoms with E-state index in [9.17, 15) is 17.6 Å². The van der Waals surface area contributed by atoms with Crippen molar-refractivity contribution in [2.45, 2.75) is 42.9 Å². The molecule has 1 fully saturated rings. The van der Waals surface area contributed by atoms with E-state index in [0.29, 0.717) is 17.9 Å². The van der Waals surface area contributed by atoms with E-state index in [4.69, 9.17) is 4.74 Å². The van der Waals surface area contributed by atoms with E-state index in [1.165, 1.54) is 29.3 Å². The molecule has 1 saturated heterocycles. The minimum Gasteiger partial charge on any atom is -0.376 e. The highest BCUT2D eigenvalue weighted by Crippen LogP contribution is 2.23. The molecule has 7 nitrogen and oxygen atoms in total. The van der Waals surface area contributed by atoms with Crippen LogP contribution in [-0.4, -0.2) is 48.0 Å². The maximum absolute atomic E-state index is 14.6. The molecular weight excluding hydrogens is 517 g/mol. The first-order valence-electron chi connectivity index (χ1n) is 12.9. The number of hydrogen-bond donors (Lipinski definition) is 0.